The van der Waals surface area contributed by atoms with Crippen LogP contribution in [0.2, 0.25) is 0 Å². The van der Waals surface area contributed by atoms with Crippen LogP contribution in [-0.4, -0.2) is 18.0 Å². The zero-order valence-corrected chi connectivity index (χ0v) is 9.81. The molecule has 0 aromatic rings. The van der Waals surface area contributed by atoms with Crippen LogP contribution in [0.4, 0.5) is 0 Å². The van der Waals surface area contributed by atoms with Gasteiger partial charge in [0.1, 0.15) is 0 Å². The van der Waals surface area contributed by atoms with Crippen molar-refractivity contribution >= 4 is 15.9 Å². The van der Waals surface area contributed by atoms with Gasteiger partial charge < -0.3 is 4.74 Å². The van der Waals surface area contributed by atoms with Gasteiger partial charge in [-0.25, -0.2) is 0 Å². The first kappa shape index (κ1) is 9.97. The fourth-order valence-corrected chi connectivity index (χ4v) is 3.05. The monoisotopic (exact) mass is 246 g/mol. The molecule has 13 heavy (non-hydrogen) atoms. The molecule has 1 saturated carbocycles. The Morgan fingerprint density at radius 2 is 2.23 bits per heavy atom. The van der Waals surface area contributed by atoms with E-state index in [2.05, 4.69) is 15.9 Å². The van der Waals surface area contributed by atoms with Gasteiger partial charge in [0.25, 0.3) is 0 Å². The van der Waals surface area contributed by atoms with Crippen LogP contribution in [0.15, 0.2) is 0 Å². The highest BCUT2D eigenvalue weighted by atomic mass is 79.9. The number of alkyl halides is 1. The second kappa shape index (κ2) is 4.31. The summed E-state index contributed by atoms with van der Waals surface area (Å²) in [5, 5.41) is 1.21. The van der Waals surface area contributed by atoms with Gasteiger partial charge >= 0.3 is 0 Å². The molecule has 2 aliphatic rings. The average molecular weight is 247 g/mol. The van der Waals surface area contributed by atoms with E-state index in [9.17, 15) is 0 Å². The van der Waals surface area contributed by atoms with Crippen molar-refractivity contribution in [1.82, 2.24) is 0 Å². The molecule has 1 saturated heterocycles. The van der Waals surface area contributed by atoms with Gasteiger partial charge in [-0.05, 0) is 43.9 Å². The van der Waals surface area contributed by atoms with E-state index in [-0.39, 0.29) is 0 Å². The van der Waals surface area contributed by atoms with Crippen LogP contribution in [0.1, 0.15) is 44.9 Å². The second-order valence-electron chi connectivity index (χ2n) is 4.66. The Bertz CT molecular complexity index is 159. The molecule has 1 nitrogen and oxygen atoms in total. The van der Waals surface area contributed by atoms with Gasteiger partial charge in [-0.15, -0.1) is 0 Å². The maximum absolute atomic E-state index is 5.61. The van der Waals surface area contributed by atoms with Crippen LogP contribution in [0.5, 0.6) is 0 Å². The number of halogens is 1. The van der Waals surface area contributed by atoms with E-state index in [1.54, 1.807) is 0 Å². The lowest BCUT2D eigenvalue weighted by Crippen LogP contribution is -2.07. The fraction of sp³-hybridized carbons (Fsp3) is 1.00. The Morgan fingerprint density at radius 1 is 1.38 bits per heavy atom. The smallest absolute Gasteiger partial charge is 0.0576 e. The molecular weight excluding hydrogens is 228 g/mol. The number of rotatable bonds is 5. The lowest BCUT2D eigenvalue weighted by atomic mass is 9.99. The molecule has 0 amide bonds. The van der Waals surface area contributed by atoms with Crippen molar-refractivity contribution in [2.24, 2.45) is 5.41 Å². The quantitative estimate of drug-likeness (QED) is 0.675. The van der Waals surface area contributed by atoms with Gasteiger partial charge in [0.05, 0.1) is 6.10 Å². The van der Waals surface area contributed by atoms with Crippen molar-refractivity contribution in [3.8, 4) is 0 Å². The van der Waals surface area contributed by atoms with Gasteiger partial charge in [-0.3, -0.25) is 0 Å². The first-order valence-electron chi connectivity index (χ1n) is 5.52. The summed E-state index contributed by atoms with van der Waals surface area (Å²) in [5.41, 5.74) is 0.707. The highest BCUT2D eigenvalue weighted by molar-refractivity contribution is 9.09. The van der Waals surface area contributed by atoms with Crippen LogP contribution < -0.4 is 0 Å². The largest absolute Gasteiger partial charge is 0.378 e. The van der Waals surface area contributed by atoms with E-state index in [0.717, 1.165) is 6.61 Å². The van der Waals surface area contributed by atoms with Crippen molar-refractivity contribution in [1.29, 1.82) is 0 Å². The molecule has 0 radical (unpaired) electrons. The Balaban J connectivity index is 1.58. The molecule has 1 aliphatic carbocycles. The first-order valence-corrected chi connectivity index (χ1v) is 6.64. The Kier molecular flexibility index (Phi) is 3.31. The predicted octanol–water partition coefficient (Wildman–Crippen LogP) is 3.51. The number of hydrogen-bond acceptors (Lipinski definition) is 1. The molecule has 76 valence electrons. The lowest BCUT2D eigenvalue weighted by Gasteiger charge is -2.13. The Hall–Kier alpha value is 0.440. The molecule has 1 atom stereocenters. The van der Waals surface area contributed by atoms with Crippen molar-refractivity contribution in [3.63, 3.8) is 0 Å². The zero-order chi connectivity index (χ0) is 9.15. The van der Waals surface area contributed by atoms with E-state index in [4.69, 9.17) is 4.74 Å². The molecule has 1 unspecified atom stereocenters. The first-order chi connectivity index (χ1) is 6.35. The van der Waals surface area contributed by atoms with Gasteiger partial charge in [0.15, 0.2) is 0 Å². The zero-order valence-electron chi connectivity index (χ0n) is 8.23. The standard InChI is InChI=1S/C11H19BrO/c12-9-11(6-7-11)5-1-3-10-4-2-8-13-10/h10H,1-9H2. The third kappa shape index (κ3) is 2.69. The summed E-state index contributed by atoms with van der Waals surface area (Å²) in [6.45, 7) is 1.01. The minimum Gasteiger partial charge on any atom is -0.378 e. The van der Waals surface area contributed by atoms with E-state index in [1.165, 1.54) is 50.3 Å². The molecule has 2 fully saturated rings. The van der Waals surface area contributed by atoms with Gasteiger partial charge in [0, 0.05) is 11.9 Å². The number of ether oxygens (including phenoxy) is 1. The normalized spacial score (nSPS) is 30.7. The second-order valence-corrected chi connectivity index (χ2v) is 5.22. The van der Waals surface area contributed by atoms with Crippen LogP contribution in [0.25, 0.3) is 0 Å². The molecule has 0 aromatic carbocycles. The SMILES string of the molecule is BrCC1(CCCC2CCCO2)CC1. The molecule has 2 rings (SSSR count). The van der Waals surface area contributed by atoms with Gasteiger partial charge in [-0.2, -0.15) is 0 Å². The Morgan fingerprint density at radius 3 is 2.77 bits per heavy atom. The Labute approximate surface area is 89.4 Å². The summed E-state index contributed by atoms with van der Waals surface area (Å²) in [5.74, 6) is 0. The van der Waals surface area contributed by atoms with E-state index >= 15 is 0 Å². The van der Waals surface area contributed by atoms with Crippen LogP contribution >= 0.6 is 15.9 Å². The number of hydrogen-bond donors (Lipinski definition) is 0. The van der Waals surface area contributed by atoms with E-state index in [1.807, 2.05) is 0 Å². The van der Waals surface area contributed by atoms with E-state index < -0.39 is 0 Å². The van der Waals surface area contributed by atoms with Crippen LogP contribution in [0.3, 0.4) is 0 Å². The summed E-state index contributed by atoms with van der Waals surface area (Å²) >= 11 is 3.62. The third-order valence-corrected chi connectivity index (χ3v) is 4.69. The van der Waals surface area contributed by atoms with Gasteiger partial charge in [0.2, 0.25) is 0 Å². The molecule has 0 spiro atoms. The molecule has 1 aliphatic heterocycles. The summed E-state index contributed by atoms with van der Waals surface area (Å²) in [4.78, 5) is 0. The van der Waals surface area contributed by atoms with Crippen molar-refractivity contribution < 1.29 is 4.74 Å². The van der Waals surface area contributed by atoms with Crippen LogP contribution in [-0.2, 0) is 4.74 Å². The third-order valence-electron chi connectivity index (χ3n) is 3.50. The lowest BCUT2D eigenvalue weighted by molar-refractivity contribution is 0.101. The molecule has 0 aromatic heterocycles. The summed E-state index contributed by atoms with van der Waals surface area (Å²) < 4.78 is 5.61. The van der Waals surface area contributed by atoms with Crippen molar-refractivity contribution in [2.45, 2.75) is 51.0 Å². The predicted molar refractivity (Wildman–Crippen MR) is 58.3 cm³/mol. The minimum atomic E-state index is 0.603. The molecular formula is C11H19BrO. The topological polar surface area (TPSA) is 9.23 Å². The molecule has 1 heterocycles. The maximum Gasteiger partial charge on any atom is 0.0576 e. The fourth-order valence-electron chi connectivity index (χ4n) is 2.20. The molecule has 0 bridgehead atoms. The van der Waals surface area contributed by atoms with E-state index in [0.29, 0.717) is 11.5 Å². The average Bonchev–Trinajstić information content (AvgIpc) is 2.74. The molecule has 0 N–H and O–H groups in total. The summed E-state index contributed by atoms with van der Waals surface area (Å²) in [6.07, 6.45) is 10.2. The van der Waals surface area contributed by atoms with Crippen LogP contribution in [0, 0.1) is 5.41 Å². The summed E-state index contributed by atoms with van der Waals surface area (Å²) in [7, 11) is 0. The van der Waals surface area contributed by atoms with Crippen molar-refractivity contribution in [3.05, 3.63) is 0 Å². The maximum atomic E-state index is 5.61. The molecule has 2 heteroatoms. The van der Waals surface area contributed by atoms with Crippen molar-refractivity contribution in [2.75, 3.05) is 11.9 Å². The minimum absolute atomic E-state index is 0.603. The highest BCUT2D eigenvalue weighted by Gasteiger charge is 2.40. The highest BCUT2D eigenvalue weighted by Crippen LogP contribution is 2.51. The van der Waals surface area contributed by atoms with Gasteiger partial charge in [-0.1, -0.05) is 22.4 Å². The summed E-state index contributed by atoms with van der Waals surface area (Å²) in [6, 6.07) is 0.